The Kier molecular flexibility index (Phi) is 2.97. The summed E-state index contributed by atoms with van der Waals surface area (Å²) in [5.74, 6) is 0.320. The van der Waals surface area contributed by atoms with Gasteiger partial charge in [-0.1, -0.05) is 18.2 Å². The molecule has 2 nitrogen and oxygen atoms in total. The molecule has 0 bridgehead atoms. The zero-order chi connectivity index (χ0) is 12.3. The largest absolute Gasteiger partial charge is 0.469 e. The zero-order valence-corrected chi connectivity index (χ0v) is 9.48. The van der Waals surface area contributed by atoms with Crippen molar-refractivity contribution in [1.29, 1.82) is 5.26 Å². The molecular formula is C14H12FNO. The lowest BCUT2D eigenvalue weighted by Crippen LogP contribution is -2.24. The Morgan fingerprint density at radius 3 is 2.65 bits per heavy atom. The van der Waals surface area contributed by atoms with Crippen molar-refractivity contribution in [2.75, 3.05) is 0 Å². The molecule has 0 fully saturated rings. The van der Waals surface area contributed by atoms with Crippen LogP contribution in [0.25, 0.3) is 0 Å². The number of furan rings is 1. The highest BCUT2D eigenvalue weighted by molar-refractivity contribution is 5.34. The lowest BCUT2D eigenvalue weighted by Gasteiger charge is -2.21. The Morgan fingerprint density at radius 1 is 1.29 bits per heavy atom. The number of hydrogen-bond acceptors (Lipinski definition) is 2. The van der Waals surface area contributed by atoms with Gasteiger partial charge in [0.05, 0.1) is 17.7 Å². The summed E-state index contributed by atoms with van der Waals surface area (Å²) in [4.78, 5) is 0. The predicted molar refractivity (Wildman–Crippen MR) is 61.8 cm³/mol. The second-order valence-corrected chi connectivity index (χ2v) is 4.18. The van der Waals surface area contributed by atoms with Gasteiger partial charge in [-0.15, -0.1) is 0 Å². The van der Waals surface area contributed by atoms with E-state index in [1.54, 1.807) is 43.5 Å². The van der Waals surface area contributed by atoms with E-state index in [1.165, 1.54) is 6.07 Å². The normalized spacial score (nSPS) is 13.9. The summed E-state index contributed by atoms with van der Waals surface area (Å²) in [7, 11) is 0. The maximum atomic E-state index is 13.7. The SMILES string of the molecule is CC(C#N)(Cc1ccco1)c1ccccc1F. The monoisotopic (exact) mass is 229 g/mol. The Hall–Kier alpha value is -2.08. The fourth-order valence-corrected chi connectivity index (χ4v) is 1.87. The van der Waals surface area contributed by atoms with Crippen LogP contribution in [0.4, 0.5) is 4.39 Å². The van der Waals surface area contributed by atoms with Crippen LogP contribution in [-0.4, -0.2) is 0 Å². The number of nitrogens with zero attached hydrogens (tertiary/aromatic N) is 1. The van der Waals surface area contributed by atoms with Crippen molar-refractivity contribution >= 4 is 0 Å². The van der Waals surface area contributed by atoms with E-state index in [0.29, 0.717) is 17.7 Å². The Balaban J connectivity index is 2.39. The molecular weight excluding hydrogens is 217 g/mol. The van der Waals surface area contributed by atoms with E-state index in [0.717, 1.165) is 0 Å². The van der Waals surface area contributed by atoms with E-state index in [2.05, 4.69) is 6.07 Å². The molecule has 0 aliphatic rings. The van der Waals surface area contributed by atoms with Gasteiger partial charge in [0.2, 0.25) is 0 Å². The van der Waals surface area contributed by atoms with E-state index in [-0.39, 0.29) is 5.82 Å². The number of benzene rings is 1. The van der Waals surface area contributed by atoms with Crippen molar-refractivity contribution in [3.63, 3.8) is 0 Å². The maximum absolute atomic E-state index is 13.7. The zero-order valence-electron chi connectivity index (χ0n) is 9.48. The third-order valence-electron chi connectivity index (χ3n) is 2.82. The molecule has 0 saturated carbocycles. The van der Waals surface area contributed by atoms with Gasteiger partial charge in [-0.2, -0.15) is 5.26 Å². The van der Waals surface area contributed by atoms with Crippen molar-refractivity contribution < 1.29 is 8.81 Å². The molecule has 0 aliphatic heterocycles. The second kappa shape index (κ2) is 4.42. The van der Waals surface area contributed by atoms with E-state index in [4.69, 9.17) is 4.42 Å². The minimum absolute atomic E-state index is 0.358. The maximum Gasteiger partial charge on any atom is 0.128 e. The van der Waals surface area contributed by atoms with Crippen molar-refractivity contribution in [1.82, 2.24) is 0 Å². The first-order valence-corrected chi connectivity index (χ1v) is 5.34. The standard InChI is InChI=1S/C14H12FNO/c1-14(10-16,9-11-5-4-8-17-11)12-6-2-3-7-13(12)15/h2-8H,9H2,1H3. The smallest absolute Gasteiger partial charge is 0.128 e. The number of hydrogen-bond donors (Lipinski definition) is 0. The third kappa shape index (κ3) is 2.21. The lowest BCUT2D eigenvalue weighted by atomic mass is 9.80. The predicted octanol–water partition coefficient (Wildman–Crippen LogP) is 3.44. The highest BCUT2D eigenvalue weighted by Crippen LogP contribution is 2.29. The van der Waals surface area contributed by atoms with Crippen LogP contribution in [0.5, 0.6) is 0 Å². The molecule has 17 heavy (non-hydrogen) atoms. The van der Waals surface area contributed by atoms with Crippen LogP contribution >= 0.6 is 0 Å². The lowest BCUT2D eigenvalue weighted by molar-refractivity contribution is 0.451. The van der Waals surface area contributed by atoms with Gasteiger partial charge in [-0.05, 0) is 25.1 Å². The molecule has 1 heterocycles. The Bertz CT molecular complexity index is 542. The summed E-state index contributed by atoms with van der Waals surface area (Å²) < 4.78 is 18.9. The van der Waals surface area contributed by atoms with E-state index >= 15 is 0 Å². The van der Waals surface area contributed by atoms with Gasteiger partial charge in [-0.25, -0.2) is 4.39 Å². The van der Waals surface area contributed by atoms with Crippen molar-refractivity contribution in [3.8, 4) is 6.07 Å². The van der Waals surface area contributed by atoms with Crippen LogP contribution in [0, 0.1) is 17.1 Å². The molecule has 0 radical (unpaired) electrons. The van der Waals surface area contributed by atoms with Gasteiger partial charge in [0.25, 0.3) is 0 Å². The molecule has 0 saturated heterocycles. The molecule has 3 heteroatoms. The minimum Gasteiger partial charge on any atom is -0.469 e. The molecule has 1 aromatic heterocycles. The first kappa shape index (κ1) is 11.4. The number of nitriles is 1. The van der Waals surface area contributed by atoms with Gasteiger partial charge in [0.1, 0.15) is 11.6 Å². The molecule has 0 N–H and O–H groups in total. The van der Waals surface area contributed by atoms with E-state index < -0.39 is 5.41 Å². The first-order chi connectivity index (χ1) is 8.15. The van der Waals surface area contributed by atoms with E-state index in [9.17, 15) is 9.65 Å². The van der Waals surface area contributed by atoms with Crippen molar-refractivity contribution in [2.45, 2.75) is 18.8 Å². The molecule has 1 unspecified atom stereocenters. The van der Waals surface area contributed by atoms with Gasteiger partial charge in [0.15, 0.2) is 0 Å². The van der Waals surface area contributed by atoms with E-state index in [1.807, 2.05) is 0 Å². The second-order valence-electron chi connectivity index (χ2n) is 4.18. The summed E-state index contributed by atoms with van der Waals surface area (Å²) in [6.45, 7) is 1.72. The summed E-state index contributed by atoms with van der Waals surface area (Å²) >= 11 is 0. The van der Waals surface area contributed by atoms with Crippen molar-refractivity contribution in [3.05, 3.63) is 59.8 Å². The highest BCUT2D eigenvalue weighted by Gasteiger charge is 2.30. The van der Waals surface area contributed by atoms with Gasteiger partial charge in [0, 0.05) is 12.0 Å². The van der Waals surface area contributed by atoms with Gasteiger partial charge in [-0.3, -0.25) is 0 Å². The Labute approximate surface area is 99.3 Å². The molecule has 0 aliphatic carbocycles. The molecule has 86 valence electrons. The first-order valence-electron chi connectivity index (χ1n) is 5.34. The molecule has 1 aromatic carbocycles. The molecule has 2 rings (SSSR count). The van der Waals surface area contributed by atoms with Crippen LogP contribution in [-0.2, 0) is 11.8 Å². The quantitative estimate of drug-likeness (QED) is 0.808. The minimum atomic E-state index is -0.913. The number of rotatable bonds is 3. The molecule has 1 atom stereocenters. The summed E-state index contributed by atoms with van der Waals surface area (Å²) in [5.41, 5.74) is -0.512. The van der Waals surface area contributed by atoms with Crippen LogP contribution in [0.15, 0.2) is 47.1 Å². The average Bonchev–Trinajstić information content (AvgIpc) is 2.82. The van der Waals surface area contributed by atoms with Crippen LogP contribution in [0.1, 0.15) is 18.2 Å². The van der Waals surface area contributed by atoms with Crippen LogP contribution < -0.4 is 0 Å². The third-order valence-corrected chi connectivity index (χ3v) is 2.82. The van der Waals surface area contributed by atoms with Crippen LogP contribution in [0.2, 0.25) is 0 Å². The van der Waals surface area contributed by atoms with Gasteiger partial charge >= 0.3 is 0 Å². The molecule has 0 spiro atoms. The molecule has 2 aromatic rings. The fraction of sp³-hybridized carbons (Fsp3) is 0.214. The average molecular weight is 229 g/mol. The van der Waals surface area contributed by atoms with Crippen molar-refractivity contribution in [2.24, 2.45) is 0 Å². The summed E-state index contributed by atoms with van der Waals surface area (Å²) in [6.07, 6.45) is 1.91. The summed E-state index contributed by atoms with van der Waals surface area (Å²) in [6, 6.07) is 12.1. The van der Waals surface area contributed by atoms with Gasteiger partial charge < -0.3 is 4.42 Å². The molecule has 0 amide bonds. The Morgan fingerprint density at radius 2 is 2.06 bits per heavy atom. The van der Waals surface area contributed by atoms with Crippen LogP contribution in [0.3, 0.4) is 0 Å². The highest BCUT2D eigenvalue weighted by atomic mass is 19.1. The summed E-state index contributed by atoms with van der Waals surface area (Å²) in [5, 5.41) is 9.30. The fourth-order valence-electron chi connectivity index (χ4n) is 1.87. The topological polar surface area (TPSA) is 36.9 Å². The number of halogens is 1.